The minimum atomic E-state index is -1.10. The number of carbonyl (C=O) groups is 1. The molecule has 0 fully saturated rings. The highest BCUT2D eigenvalue weighted by Crippen LogP contribution is 2.14. The van der Waals surface area contributed by atoms with E-state index in [1.54, 1.807) is 18.2 Å². The lowest BCUT2D eigenvalue weighted by Gasteiger charge is -2.00. The van der Waals surface area contributed by atoms with Crippen LogP contribution in [0, 0.1) is 0 Å². The molecule has 1 heterocycles. The second-order valence-electron chi connectivity index (χ2n) is 3.24. The molecule has 82 valence electrons. The first-order chi connectivity index (χ1) is 7.56. The molecule has 1 aromatic carbocycles. The summed E-state index contributed by atoms with van der Waals surface area (Å²) in [7, 11) is 0. The molecule has 0 aliphatic rings. The van der Waals surface area contributed by atoms with Crippen LogP contribution in [-0.2, 0) is 11.2 Å². The number of aromatic nitrogens is 2. The van der Waals surface area contributed by atoms with Gasteiger partial charge in [-0.25, -0.2) is 4.98 Å². The maximum Gasteiger partial charge on any atom is 0.309 e. The highest BCUT2D eigenvalue weighted by molar-refractivity contribution is 6.31. The number of rotatable bonds is 2. The van der Waals surface area contributed by atoms with Crippen molar-refractivity contribution in [1.29, 1.82) is 0 Å². The zero-order chi connectivity index (χ0) is 11.7. The fraction of sp³-hybridized carbons (Fsp3) is 0.100. The summed E-state index contributed by atoms with van der Waals surface area (Å²) in [5.74, 6) is -1.10. The van der Waals surface area contributed by atoms with Gasteiger partial charge in [0.15, 0.2) is 0 Å². The number of benzene rings is 1. The number of hydrogen-bond donors (Lipinski definition) is 2. The molecule has 0 saturated carbocycles. The van der Waals surface area contributed by atoms with Gasteiger partial charge in [0, 0.05) is 5.02 Å². The number of nitrogens with one attached hydrogen (secondary N) is 1. The molecule has 1 aromatic heterocycles. The first-order valence-corrected chi connectivity index (χ1v) is 4.84. The summed E-state index contributed by atoms with van der Waals surface area (Å²) >= 11 is 5.77. The third kappa shape index (κ3) is 2.04. The van der Waals surface area contributed by atoms with Gasteiger partial charge in [-0.3, -0.25) is 9.59 Å². The summed E-state index contributed by atoms with van der Waals surface area (Å²) in [4.78, 5) is 28.5. The molecular weight excluding hydrogens is 232 g/mol. The second kappa shape index (κ2) is 3.94. The normalized spacial score (nSPS) is 10.6. The van der Waals surface area contributed by atoms with Crippen LogP contribution in [0.4, 0.5) is 0 Å². The third-order valence-corrected chi connectivity index (χ3v) is 2.28. The van der Waals surface area contributed by atoms with E-state index in [0.29, 0.717) is 16.1 Å². The monoisotopic (exact) mass is 238 g/mol. The van der Waals surface area contributed by atoms with Crippen molar-refractivity contribution >= 4 is 28.6 Å². The van der Waals surface area contributed by atoms with E-state index in [2.05, 4.69) is 9.97 Å². The molecule has 2 N–H and O–H groups in total. The Morgan fingerprint density at radius 1 is 1.50 bits per heavy atom. The van der Waals surface area contributed by atoms with E-state index in [1.165, 1.54) is 0 Å². The summed E-state index contributed by atoms with van der Waals surface area (Å²) in [6.07, 6.45) is -0.405. The second-order valence-corrected chi connectivity index (χ2v) is 3.68. The molecule has 0 saturated heterocycles. The Morgan fingerprint density at radius 2 is 2.25 bits per heavy atom. The molecule has 0 atom stereocenters. The van der Waals surface area contributed by atoms with Gasteiger partial charge in [-0.15, -0.1) is 0 Å². The summed E-state index contributed by atoms with van der Waals surface area (Å²) < 4.78 is 0. The van der Waals surface area contributed by atoms with Gasteiger partial charge in [0.25, 0.3) is 5.56 Å². The number of carboxylic acid groups (broad SMARTS) is 1. The number of H-pyrrole nitrogens is 1. The standard InChI is InChI=1S/C10H7ClN2O3/c11-5-1-2-6-7(3-5)12-8(4-9(14)15)10(16)13-6/h1-3H,4H2,(H,13,16)(H,14,15). The van der Waals surface area contributed by atoms with Crippen molar-refractivity contribution in [2.24, 2.45) is 0 Å². The predicted molar refractivity (Wildman–Crippen MR) is 58.7 cm³/mol. The van der Waals surface area contributed by atoms with Gasteiger partial charge in [-0.05, 0) is 18.2 Å². The third-order valence-electron chi connectivity index (χ3n) is 2.04. The highest BCUT2D eigenvalue weighted by atomic mass is 35.5. The lowest BCUT2D eigenvalue weighted by Crippen LogP contribution is -2.18. The van der Waals surface area contributed by atoms with E-state index in [0.717, 1.165) is 0 Å². The van der Waals surface area contributed by atoms with E-state index < -0.39 is 17.9 Å². The first-order valence-electron chi connectivity index (χ1n) is 4.46. The SMILES string of the molecule is O=C(O)Cc1nc2cc(Cl)ccc2[nH]c1=O. The van der Waals surface area contributed by atoms with Gasteiger partial charge in [0.05, 0.1) is 17.5 Å². The van der Waals surface area contributed by atoms with Crippen molar-refractivity contribution in [3.05, 3.63) is 39.3 Å². The van der Waals surface area contributed by atoms with Crippen LogP contribution in [0.1, 0.15) is 5.69 Å². The summed E-state index contributed by atoms with van der Waals surface area (Å²) in [5.41, 5.74) is 0.492. The van der Waals surface area contributed by atoms with Crippen molar-refractivity contribution in [1.82, 2.24) is 9.97 Å². The molecule has 0 aliphatic carbocycles. The van der Waals surface area contributed by atoms with Crippen LogP contribution in [0.15, 0.2) is 23.0 Å². The minimum absolute atomic E-state index is 0.0257. The molecule has 2 aromatic rings. The number of hydrogen-bond acceptors (Lipinski definition) is 3. The Labute approximate surface area is 94.7 Å². The number of halogens is 1. The van der Waals surface area contributed by atoms with Crippen LogP contribution in [0.3, 0.4) is 0 Å². The fourth-order valence-corrected chi connectivity index (χ4v) is 1.52. The van der Waals surface area contributed by atoms with Gasteiger partial charge in [-0.1, -0.05) is 11.6 Å². The molecule has 0 aliphatic heterocycles. The van der Waals surface area contributed by atoms with E-state index in [9.17, 15) is 9.59 Å². The molecule has 0 radical (unpaired) electrons. The Balaban J connectivity index is 2.64. The first kappa shape index (κ1) is 10.6. The van der Waals surface area contributed by atoms with Gasteiger partial charge in [0.1, 0.15) is 5.69 Å². The average molecular weight is 239 g/mol. The zero-order valence-corrected chi connectivity index (χ0v) is 8.78. The number of carboxylic acids is 1. The zero-order valence-electron chi connectivity index (χ0n) is 8.03. The summed E-state index contributed by atoms with van der Waals surface area (Å²) in [6.45, 7) is 0. The summed E-state index contributed by atoms with van der Waals surface area (Å²) in [6, 6.07) is 4.81. The minimum Gasteiger partial charge on any atom is -0.481 e. The average Bonchev–Trinajstić information content (AvgIpc) is 2.19. The lowest BCUT2D eigenvalue weighted by molar-refractivity contribution is -0.136. The molecule has 0 bridgehead atoms. The van der Waals surface area contributed by atoms with Crippen molar-refractivity contribution in [3.8, 4) is 0 Å². The molecule has 0 spiro atoms. The van der Waals surface area contributed by atoms with Gasteiger partial charge in [0.2, 0.25) is 0 Å². The Hall–Kier alpha value is -1.88. The Bertz CT molecular complexity index is 621. The summed E-state index contributed by atoms with van der Waals surface area (Å²) in [5, 5.41) is 9.08. The number of nitrogens with zero attached hydrogens (tertiary/aromatic N) is 1. The molecule has 0 unspecified atom stereocenters. The molecule has 0 amide bonds. The van der Waals surface area contributed by atoms with Crippen molar-refractivity contribution in [3.63, 3.8) is 0 Å². The van der Waals surface area contributed by atoms with Crippen LogP contribution in [0.2, 0.25) is 5.02 Å². The number of fused-ring (bicyclic) bond motifs is 1. The molecule has 6 heteroatoms. The lowest BCUT2D eigenvalue weighted by atomic mass is 10.2. The van der Waals surface area contributed by atoms with Crippen LogP contribution in [0.25, 0.3) is 11.0 Å². The van der Waals surface area contributed by atoms with E-state index >= 15 is 0 Å². The maximum absolute atomic E-state index is 11.4. The van der Waals surface area contributed by atoms with E-state index in [-0.39, 0.29) is 5.69 Å². The van der Waals surface area contributed by atoms with Crippen LogP contribution in [-0.4, -0.2) is 21.0 Å². The van der Waals surface area contributed by atoms with Gasteiger partial charge in [-0.2, -0.15) is 0 Å². The fourth-order valence-electron chi connectivity index (χ4n) is 1.36. The Kier molecular flexibility index (Phi) is 2.62. The number of aromatic amines is 1. The Morgan fingerprint density at radius 3 is 2.94 bits per heavy atom. The van der Waals surface area contributed by atoms with Crippen molar-refractivity contribution in [2.45, 2.75) is 6.42 Å². The molecular formula is C10H7ClN2O3. The van der Waals surface area contributed by atoms with E-state index in [4.69, 9.17) is 16.7 Å². The topological polar surface area (TPSA) is 83.0 Å². The number of aliphatic carboxylic acids is 1. The smallest absolute Gasteiger partial charge is 0.309 e. The highest BCUT2D eigenvalue weighted by Gasteiger charge is 2.08. The predicted octanol–water partition coefficient (Wildman–Crippen LogP) is 1.20. The van der Waals surface area contributed by atoms with Crippen LogP contribution >= 0.6 is 11.6 Å². The van der Waals surface area contributed by atoms with Crippen molar-refractivity contribution in [2.75, 3.05) is 0 Å². The van der Waals surface area contributed by atoms with Gasteiger partial charge < -0.3 is 10.1 Å². The van der Waals surface area contributed by atoms with Crippen LogP contribution < -0.4 is 5.56 Å². The van der Waals surface area contributed by atoms with Crippen LogP contribution in [0.5, 0.6) is 0 Å². The largest absolute Gasteiger partial charge is 0.481 e. The molecule has 2 rings (SSSR count). The molecule has 5 nitrogen and oxygen atoms in total. The van der Waals surface area contributed by atoms with E-state index in [1.807, 2.05) is 0 Å². The van der Waals surface area contributed by atoms with Gasteiger partial charge >= 0.3 is 5.97 Å². The molecule has 16 heavy (non-hydrogen) atoms. The quantitative estimate of drug-likeness (QED) is 0.824. The van der Waals surface area contributed by atoms with Crippen molar-refractivity contribution < 1.29 is 9.90 Å². The maximum atomic E-state index is 11.4.